The lowest BCUT2D eigenvalue weighted by Crippen LogP contribution is -2.25. The van der Waals surface area contributed by atoms with Gasteiger partial charge in [-0.15, -0.1) is 0 Å². The van der Waals surface area contributed by atoms with E-state index in [1.165, 1.54) is 22.8 Å². The average Bonchev–Trinajstić information content (AvgIpc) is 3.01. The minimum absolute atomic E-state index is 0.490. The van der Waals surface area contributed by atoms with Crippen molar-refractivity contribution in [1.29, 1.82) is 0 Å². The fourth-order valence-corrected chi connectivity index (χ4v) is 4.13. The maximum atomic E-state index is 6.07. The molecule has 1 aliphatic heterocycles. The SMILES string of the molecule is C[C@@]12C[C@@H]1C=C1c3c(ccc4ccccc34)OCC12. The molecule has 19 heavy (non-hydrogen) atoms. The Morgan fingerprint density at radius 1 is 1.16 bits per heavy atom. The van der Waals surface area contributed by atoms with E-state index in [0.29, 0.717) is 11.3 Å². The zero-order valence-corrected chi connectivity index (χ0v) is 11.0. The highest BCUT2D eigenvalue weighted by molar-refractivity contribution is 5.98. The molecule has 3 aliphatic rings. The van der Waals surface area contributed by atoms with E-state index < -0.39 is 0 Å². The first-order chi connectivity index (χ1) is 9.27. The number of rotatable bonds is 0. The lowest BCUT2D eigenvalue weighted by molar-refractivity contribution is 0.220. The first kappa shape index (κ1) is 10.1. The molecule has 0 bridgehead atoms. The molecule has 1 heteroatoms. The van der Waals surface area contributed by atoms with Gasteiger partial charge < -0.3 is 4.74 Å². The summed E-state index contributed by atoms with van der Waals surface area (Å²) in [4.78, 5) is 0. The summed E-state index contributed by atoms with van der Waals surface area (Å²) in [5.41, 5.74) is 3.41. The Hall–Kier alpha value is -1.76. The standard InChI is InChI=1S/C18H16O/c1-18-9-12(18)8-14-15(18)10-19-16-7-6-11-4-2-3-5-13(11)17(14)16/h2-8,12,15H,9-10H2,1H3/t12-,15?,18+/m0/s1. The number of fused-ring (bicyclic) bond motifs is 7. The van der Waals surface area contributed by atoms with Gasteiger partial charge in [0.1, 0.15) is 5.75 Å². The summed E-state index contributed by atoms with van der Waals surface area (Å²) < 4.78 is 6.07. The van der Waals surface area contributed by atoms with E-state index >= 15 is 0 Å². The van der Waals surface area contributed by atoms with Gasteiger partial charge in [-0.1, -0.05) is 43.3 Å². The van der Waals surface area contributed by atoms with Crippen molar-refractivity contribution < 1.29 is 4.74 Å². The van der Waals surface area contributed by atoms with Crippen LogP contribution in [0.15, 0.2) is 42.5 Å². The van der Waals surface area contributed by atoms with Crippen LogP contribution in [-0.2, 0) is 0 Å². The molecule has 1 heterocycles. The second-order valence-corrected chi connectivity index (χ2v) is 6.46. The minimum atomic E-state index is 0.490. The van der Waals surface area contributed by atoms with E-state index in [4.69, 9.17) is 4.74 Å². The van der Waals surface area contributed by atoms with Crippen LogP contribution in [0, 0.1) is 17.3 Å². The Kier molecular flexibility index (Phi) is 1.61. The lowest BCUT2D eigenvalue weighted by atomic mass is 9.81. The summed E-state index contributed by atoms with van der Waals surface area (Å²) in [6.45, 7) is 3.29. The molecule has 0 spiro atoms. The van der Waals surface area contributed by atoms with E-state index in [9.17, 15) is 0 Å². The van der Waals surface area contributed by atoms with Gasteiger partial charge in [-0.2, -0.15) is 0 Å². The highest BCUT2D eigenvalue weighted by atomic mass is 16.5. The molecule has 3 atom stereocenters. The molecular weight excluding hydrogens is 232 g/mol. The molecule has 0 N–H and O–H groups in total. The molecule has 0 radical (unpaired) electrons. The smallest absolute Gasteiger partial charge is 0.127 e. The molecule has 0 aromatic heterocycles. The van der Waals surface area contributed by atoms with Crippen LogP contribution in [0.25, 0.3) is 16.3 Å². The van der Waals surface area contributed by atoms with Crippen molar-refractivity contribution in [2.24, 2.45) is 17.3 Å². The van der Waals surface area contributed by atoms with Crippen LogP contribution in [0.4, 0.5) is 0 Å². The third kappa shape index (κ3) is 1.12. The van der Waals surface area contributed by atoms with Gasteiger partial charge in [0.15, 0.2) is 0 Å². The number of hydrogen-bond donors (Lipinski definition) is 0. The van der Waals surface area contributed by atoms with Gasteiger partial charge in [0.2, 0.25) is 0 Å². The summed E-state index contributed by atoms with van der Waals surface area (Å²) in [6.07, 6.45) is 3.88. The van der Waals surface area contributed by atoms with E-state index in [-0.39, 0.29) is 0 Å². The van der Waals surface area contributed by atoms with Gasteiger partial charge in [-0.3, -0.25) is 0 Å². The van der Waals surface area contributed by atoms with Crippen molar-refractivity contribution in [3.8, 4) is 5.75 Å². The van der Waals surface area contributed by atoms with Crippen LogP contribution in [0.2, 0.25) is 0 Å². The van der Waals surface area contributed by atoms with Gasteiger partial charge >= 0.3 is 0 Å². The van der Waals surface area contributed by atoms with Crippen molar-refractivity contribution in [3.05, 3.63) is 48.0 Å². The Morgan fingerprint density at radius 3 is 3.00 bits per heavy atom. The van der Waals surface area contributed by atoms with Crippen molar-refractivity contribution >= 4 is 16.3 Å². The summed E-state index contributed by atoms with van der Waals surface area (Å²) in [5.74, 6) is 2.47. The number of ether oxygens (including phenoxy) is 1. The first-order valence-corrected chi connectivity index (χ1v) is 7.14. The molecule has 2 aliphatic carbocycles. The van der Waals surface area contributed by atoms with E-state index in [1.54, 1.807) is 5.57 Å². The Labute approximate surface area is 112 Å². The molecule has 5 rings (SSSR count). The molecule has 1 nitrogen and oxygen atoms in total. The summed E-state index contributed by atoms with van der Waals surface area (Å²) in [5, 5.41) is 2.66. The van der Waals surface area contributed by atoms with Gasteiger partial charge in [0, 0.05) is 11.5 Å². The van der Waals surface area contributed by atoms with E-state index in [1.807, 2.05) is 0 Å². The fourth-order valence-electron chi connectivity index (χ4n) is 4.13. The van der Waals surface area contributed by atoms with Crippen LogP contribution in [0.1, 0.15) is 18.9 Å². The van der Waals surface area contributed by atoms with Crippen LogP contribution in [-0.4, -0.2) is 6.61 Å². The molecular formula is C18H16O. The molecule has 1 saturated carbocycles. The minimum Gasteiger partial charge on any atom is -0.492 e. The van der Waals surface area contributed by atoms with Crippen LogP contribution in [0.5, 0.6) is 5.75 Å². The molecule has 2 aromatic carbocycles. The molecule has 0 saturated heterocycles. The van der Waals surface area contributed by atoms with Gasteiger partial charge in [0.25, 0.3) is 0 Å². The molecule has 0 amide bonds. The van der Waals surface area contributed by atoms with Crippen LogP contribution in [0.3, 0.4) is 0 Å². The van der Waals surface area contributed by atoms with E-state index in [2.05, 4.69) is 49.4 Å². The Morgan fingerprint density at radius 2 is 2.05 bits per heavy atom. The number of allylic oxidation sites excluding steroid dienone is 1. The third-order valence-corrected chi connectivity index (χ3v) is 5.48. The second kappa shape index (κ2) is 3.04. The van der Waals surface area contributed by atoms with Gasteiger partial charge in [0.05, 0.1) is 6.61 Å². The average molecular weight is 248 g/mol. The Balaban J connectivity index is 1.83. The topological polar surface area (TPSA) is 9.23 Å². The maximum Gasteiger partial charge on any atom is 0.127 e. The third-order valence-electron chi connectivity index (χ3n) is 5.48. The zero-order chi connectivity index (χ0) is 12.6. The quantitative estimate of drug-likeness (QED) is 0.676. The predicted octanol–water partition coefficient (Wildman–Crippen LogP) is 4.27. The summed E-state index contributed by atoms with van der Waals surface area (Å²) in [7, 11) is 0. The second-order valence-electron chi connectivity index (χ2n) is 6.46. The normalized spacial score (nSPS) is 34.1. The molecule has 2 aromatic rings. The predicted molar refractivity (Wildman–Crippen MR) is 77.1 cm³/mol. The number of hydrogen-bond acceptors (Lipinski definition) is 1. The van der Waals surface area contributed by atoms with Gasteiger partial charge in [-0.05, 0) is 40.2 Å². The molecule has 1 fully saturated rings. The van der Waals surface area contributed by atoms with Crippen LogP contribution < -0.4 is 4.74 Å². The van der Waals surface area contributed by atoms with Gasteiger partial charge in [-0.25, -0.2) is 0 Å². The maximum absolute atomic E-state index is 6.07. The highest BCUT2D eigenvalue weighted by Gasteiger charge is 2.60. The number of benzene rings is 2. The van der Waals surface area contributed by atoms with Crippen molar-refractivity contribution in [1.82, 2.24) is 0 Å². The van der Waals surface area contributed by atoms with Crippen molar-refractivity contribution in [2.75, 3.05) is 6.61 Å². The largest absolute Gasteiger partial charge is 0.492 e. The summed E-state index contributed by atoms with van der Waals surface area (Å²) >= 11 is 0. The molecule has 94 valence electrons. The monoisotopic (exact) mass is 248 g/mol. The van der Waals surface area contributed by atoms with Crippen molar-refractivity contribution in [3.63, 3.8) is 0 Å². The Bertz CT molecular complexity index is 742. The summed E-state index contributed by atoms with van der Waals surface area (Å²) in [6, 6.07) is 13.0. The van der Waals surface area contributed by atoms with Crippen LogP contribution >= 0.6 is 0 Å². The fraction of sp³-hybridized carbons (Fsp3) is 0.333. The molecule has 1 unspecified atom stereocenters. The highest BCUT2D eigenvalue weighted by Crippen LogP contribution is 2.68. The first-order valence-electron chi connectivity index (χ1n) is 7.14. The van der Waals surface area contributed by atoms with E-state index in [0.717, 1.165) is 18.3 Å². The zero-order valence-electron chi connectivity index (χ0n) is 11.0. The lowest BCUT2D eigenvalue weighted by Gasteiger charge is -2.31. The van der Waals surface area contributed by atoms with Crippen molar-refractivity contribution in [2.45, 2.75) is 13.3 Å².